The van der Waals surface area contributed by atoms with Crippen LogP contribution >= 0.6 is 0 Å². The Morgan fingerprint density at radius 3 is 2.45 bits per heavy atom. The second-order valence-electron chi connectivity index (χ2n) is 1.77. The van der Waals surface area contributed by atoms with E-state index >= 15 is 0 Å². The Kier molecular flexibility index (Phi) is 3.78. The molecule has 6 heteroatoms. The van der Waals surface area contributed by atoms with Crippen molar-refractivity contribution in [1.82, 2.24) is 0 Å². The summed E-state index contributed by atoms with van der Waals surface area (Å²) in [5, 5.41) is 0. The quantitative estimate of drug-likeness (QED) is 0.304. The number of allylic oxidation sites excluding steroid dienone is 2. The van der Waals surface area contributed by atoms with Gasteiger partial charge in [0.1, 0.15) is 0 Å². The molecular formula is C5H4IO4Tl. The van der Waals surface area contributed by atoms with Crippen LogP contribution in [-0.2, 0) is 3.07 Å². The molecule has 0 aliphatic carbocycles. The van der Waals surface area contributed by atoms with Crippen LogP contribution in [0.3, 0.4) is 0 Å². The Labute approximate surface area is 81.6 Å². The van der Waals surface area contributed by atoms with E-state index in [1.165, 1.54) is 0 Å². The van der Waals surface area contributed by atoms with Crippen LogP contribution in [0, 0.1) is 0 Å². The summed E-state index contributed by atoms with van der Waals surface area (Å²) >= 11 is -6.81. The molecule has 0 radical (unpaired) electrons. The van der Waals surface area contributed by atoms with Crippen molar-refractivity contribution in [2.24, 2.45) is 0 Å². The molecule has 58 valence electrons. The zero-order valence-electron chi connectivity index (χ0n) is 5.40. The fourth-order valence-electron chi connectivity index (χ4n) is 0.581. The molecule has 1 rings (SSSR count). The molecule has 1 aliphatic heterocycles. The average Bonchev–Trinajstić information content (AvgIpc) is 1.85. The van der Waals surface area contributed by atoms with Crippen LogP contribution in [0.2, 0.25) is 0 Å². The molecule has 0 saturated heterocycles. The van der Waals surface area contributed by atoms with Crippen LogP contribution < -0.4 is 30.4 Å². The second-order valence-corrected chi connectivity index (χ2v) is 9.37. The minimum absolute atomic E-state index is 0.406. The molecule has 0 amide bonds. The summed E-state index contributed by atoms with van der Waals surface area (Å²) in [7, 11) is 0. The van der Waals surface area contributed by atoms with Crippen LogP contribution in [0.1, 0.15) is 0 Å². The Balaban J connectivity index is 2.58. The Hall–Kier alpha value is 0.842. The fourth-order valence-corrected chi connectivity index (χ4v) is 8.22. The topological polar surface area (TPSA) is 78.4 Å². The molecule has 0 unspecified atom stereocenters. The van der Waals surface area contributed by atoms with Crippen LogP contribution in [0.4, 0.5) is 0 Å². The first-order valence-corrected chi connectivity index (χ1v) is 11.1. The van der Waals surface area contributed by atoms with Gasteiger partial charge in [-0.2, -0.15) is 0 Å². The van der Waals surface area contributed by atoms with Crippen molar-refractivity contribution in [1.29, 1.82) is 0 Å². The van der Waals surface area contributed by atoms with E-state index < -0.39 is 43.8 Å². The first-order chi connectivity index (χ1) is 5.08. The molecule has 0 N–H and O–H groups in total. The Bertz CT molecular complexity index is 227. The van der Waals surface area contributed by atoms with E-state index in [0.717, 1.165) is 0 Å². The summed E-state index contributed by atoms with van der Waals surface area (Å²) in [6.07, 6.45) is 5.07. The molecule has 0 atom stereocenters. The zero-order chi connectivity index (χ0) is 8.32. The summed E-state index contributed by atoms with van der Waals surface area (Å²) in [5.41, 5.74) is 0. The van der Waals surface area contributed by atoms with E-state index in [4.69, 9.17) is 0 Å². The van der Waals surface area contributed by atoms with Crippen LogP contribution in [0.15, 0.2) is 21.9 Å². The maximum absolute atomic E-state index is 10.2. The van der Waals surface area contributed by atoms with Crippen molar-refractivity contribution < 1.29 is 33.5 Å². The number of hydrogen-bond donors (Lipinski definition) is 0. The molecule has 0 saturated carbocycles. The van der Waals surface area contributed by atoms with Crippen molar-refractivity contribution in [3.8, 4) is 0 Å². The predicted octanol–water partition coefficient (Wildman–Crippen LogP) is -6.18. The van der Waals surface area contributed by atoms with Crippen LogP contribution in [0.5, 0.6) is 0 Å². The van der Waals surface area contributed by atoms with Gasteiger partial charge in [0.05, 0.1) is 0 Å². The Morgan fingerprint density at radius 2 is 2.00 bits per heavy atom. The number of rotatable bonds is 2. The van der Waals surface area contributed by atoms with E-state index in [2.05, 4.69) is 3.07 Å². The van der Waals surface area contributed by atoms with E-state index in [0.29, 0.717) is 3.24 Å². The number of halogens is 1. The van der Waals surface area contributed by atoms with Crippen molar-refractivity contribution in [2.45, 2.75) is 0 Å². The van der Waals surface area contributed by atoms with Gasteiger partial charge in [-0.3, -0.25) is 0 Å². The van der Waals surface area contributed by atoms with Gasteiger partial charge in [0, 0.05) is 0 Å². The summed E-state index contributed by atoms with van der Waals surface area (Å²) in [6.45, 7) is 0. The van der Waals surface area contributed by atoms with Gasteiger partial charge < -0.3 is 0 Å². The molecule has 0 aromatic heterocycles. The molecule has 0 spiro atoms. The molecule has 0 fully saturated rings. The summed E-state index contributed by atoms with van der Waals surface area (Å²) in [4.78, 5) is 0. The third kappa shape index (κ3) is 4.42. The molecule has 11 heavy (non-hydrogen) atoms. The third-order valence-electron chi connectivity index (χ3n) is 0.927. The first-order valence-electron chi connectivity index (χ1n) is 2.73. The van der Waals surface area contributed by atoms with Crippen molar-refractivity contribution in [2.75, 3.05) is 0 Å². The van der Waals surface area contributed by atoms with Gasteiger partial charge in [0.2, 0.25) is 0 Å². The van der Waals surface area contributed by atoms with Gasteiger partial charge in [0.25, 0.3) is 0 Å². The van der Waals surface area contributed by atoms with E-state index in [1.807, 2.05) is 9.71 Å². The molecule has 0 aromatic carbocycles. The summed E-state index contributed by atoms with van der Waals surface area (Å²) in [5.74, 6) is 0. The third-order valence-corrected chi connectivity index (χ3v) is 7.94. The average molecular weight is 459 g/mol. The van der Waals surface area contributed by atoms with Crippen molar-refractivity contribution in [3.05, 3.63) is 21.9 Å². The van der Waals surface area contributed by atoms with Crippen molar-refractivity contribution >= 4 is 27.0 Å². The normalized spacial score (nSPS) is 16.1. The molecule has 0 bridgehead atoms. The second kappa shape index (κ2) is 4.18. The summed E-state index contributed by atoms with van der Waals surface area (Å²) < 4.78 is 37.1. The van der Waals surface area contributed by atoms with Gasteiger partial charge in [-0.1, -0.05) is 0 Å². The zero-order valence-corrected chi connectivity index (χ0v) is 12.0. The van der Waals surface area contributed by atoms with Crippen LogP contribution in [-0.4, -0.2) is 27.0 Å². The molecule has 0 aromatic rings. The van der Waals surface area contributed by atoms with Gasteiger partial charge in [-0.25, -0.2) is 0 Å². The van der Waals surface area contributed by atoms with E-state index in [-0.39, 0.29) is 0 Å². The molecular weight excluding hydrogens is 455 g/mol. The Morgan fingerprint density at radius 1 is 1.27 bits per heavy atom. The monoisotopic (exact) mass is 460 g/mol. The maximum atomic E-state index is 10.2. The van der Waals surface area contributed by atoms with E-state index in [1.54, 1.807) is 12.2 Å². The number of hydrogen-bond acceptors (Lipinski definition) is 4. The SMILES string of the molecule is [O-][I+3]([O-])([O-])O[C]1=[Tl][CH]=CC=C1. The minimum atomic E-state index is -5.45. The van der Waals surface area contributed by atoms with Gasteiger partial charge in [-0.15, -0.1) is 0 Å². The standard InChI is InChI=1S/C5H4IO4.Tl/c1-2-3-4-5-10-6(7,8)9;/h1-4H;. The first kappa shape index (κ1) is 9.93. The fraction of sp³-hybridized carbons (Fsp3) is 0. The molecule has 1 aliphatic rings. The van der Waals surface area contributed by atoms with Gasteiger partial charge in [0.15, 0.2) is 0 Å². The molecule has 4 nitrogen and oxygen atoms in total. The molecule has 1 heterocycles. The van der Waals surface area contributed by atoms with Crippen molar-refractivity contribution in [3.63, 3.8) is 0 Å². The van der Waals surface area contributed by atoms with Gasteiger partial charge in [-0.05, 0) is 0 Å². The van der Waals surface area contributed by atoms with Crippen LogP contribution in [0.25, 0.3) is 0 Å². The summed E-state index contributed by atoms with van der Waals surface area (Å²) in [6, 6.07) is 0. The van der Waals surface area contributed by atoms with E-state index in [9.17, 15) is 10.3 Å². The predicted molar refractivity (Wildman–Crippen MR) is 30.1 cm³/mol. The van der Waals surface area contributed by atoms with Gasteiger partial charge >= 0.3 is 82.3 Å².